The van der Waals surface area contributed by atoms with E-state index in [9.17, 15) is 14.0 Å². The number of pyridine rings is 1. The molecule has 0 radical (unpaired) electrons. The van der Waals surface area contributed by atoms with E-state index in [1.54, 1.807) is 36.4 Å². The number of methoxy groups -OCH3 is 1. The highest BCUT2D eigenvalue weighted by Crippen LogP contribution is 2.23. The smallest absolute Gasteiger partial charge is 0.258 e. The van der Waals surface area contributed by atoms with Gasteiger partial charge >= 0.3 is 0 Å². The number of hydrogen-bond donors (Lipinski definition) is 1. The first-order valence-electron chi connectivity index (χ1n) is 11.5. The molecule has 6 nitrogen and oxygen atoms in total. The number of aromatic nitrogens is 1. The molecule has 4 aromatic rings. The van der Waals surface area contributed by atoms with Crippen LogP contribution in [0.25, 0.3) is 0 Å². The summed E-state index contributed by atoms with van der Waals surface area (Å²) in [6.07, 6.45) is 1.88. The summed E-state index contributed by atoms with van der Waals surface area (Å²) in [6.45, 7) is 0.638. The van der Waals surface area contributed by atoms with Crippen LogP contribution >= 0.6 is 0 Å². The van der Waals surface area contributed by atoms with Crippen molar-refractivity contribution in [3.05, 3.63) is 125 Å². The van der Waals surface area contributed by atoms with Gasteiger partial charge in [0.15, 0.2) is 0 Å². The van der Waals surface area contributed by atoms with Gasteiger partial charge in [0.2, 0.25) is 5.91 Å². The van der Waals surface area contributed by atoms with Crippen LogP contribution < -0.4 is 15.0 Å². The zero-order valence-corrected chi connectivity index (χ0v) is 19.9. The third-order valence-electron chi connectivity index (χ3n) is 5.62. The number of amides is 2. The topological polar surface area (TPSA) is 71.5 Å². The molecule has 0 aliphatic rings. The van der Waals surface area contributed by atoms with E-state index in [-0.39, 0.29) is 30.3 Å². The fourth-order valence-corrected chi connectivity index (χ4v) is 3.70. The Hall–Kier alpha value is -4.52. The molecule has 0 aliphatic heterocycles. The normalized spacial score (nSPS) is 10.5. The van der Waals surface area contributed by atoms with Crippen LogP contribution in [0.1, 0.15) is 27.2 Å². The first-order chi connectivity index (χ1) is 17.5. The Bertz CT molecular complexity index is 1310. The van der Waals surface area contributed by atoms with Gasteiger partial charge < -0.3 is 15.0 Å². The molecular formula is C29H26FN3O3. The molecule has 36 heavy (non-hydrogen) atoms. The van der Waals surface area contributed by atoms with Crippen molar-refractivity contribution in [2.75, 3.05) is 12.0 Å². The average Bonchev–Trinajstić information content (AvgIpc) is 2.92. The number of benzene rings is 3. The predicted octanol–water partition coefficient (Wildman–Crippen LogP) is 4.94. The highest BCUT2D eigenvalue weighted by atomic mass is 19.1. The molecule has 0 atom stereocenters. The number of carbonyl (C=O) groups excluding carboxylic acids is 2. The van der Waals surface area contributed by atoms with Crippen LogP contribution in [0.15, 0.2) is 97.2 Å². The van der Waals surface area contributed by atoms with E-state index < -0.39 is 5.82 Å². The minimum Gasteiger partial charge on any atom is -0.497 e. The van der Waals surface area contributed by atoms with Crippen LogP contribution in [0.3, 0.4) is 0 Å². The van der Waals surface area contributed by atoms with E-state index in [0.717, 1.165) is 16.8 Å². The van der Waals surface area contributed by atoms with Crippen molar-refractivity contribution < 1.29 is 18.7 Å². The number of ether oxygens (including phenoxy) is 1. The summed E-state index contributed by atoms with van der Waals surface area (Å²) in [5, 5.41) is 2.86. The number of hydrogen-bond acceptors (Lipinski definition) is 4. The first kappa shape index (κ1) is 24.6. The maximum atomic E-state index is 13.8. The molecular weight excluding hydrogens is 457 g/mol. The fourth-order valence-electron chi connectivity index (χ4n) is 3.70. The number of nitrogens with one attached hydrogen (secondary N) is 1. The van der Waals surface area contributed by atoms with Gasteiger partial charge in [-0.1, -0.05) is 36.4 Å². The molecule has 0 fully saturated rings. The van der Waals surface area contributed by atoms with Crippen LogP contribution in [0.5, 0.6) is 5.75 Å². The summed E-state index contributed by atoms with van der Waals surface area (Å²) in [7, 11) is 1.59. The average molecular weight is 484 g/mol. The third-order valence-corrected chi connectivity index (χ3v) is 5.62. The van der Waals surface area contributed by atoms with Gasteiger partial charge in [0.25, 0.3) is 5.91 Å². The molecule has 4 rings (SSSR count). The van der Waals surface area contributed by atoms with E-state index in [0.29, 0.717) is 18.0 Å². The minimum absolute atomic E-state index is 0.126. The van der Waals surface area contributed by atoms with E-state index in [4.69, 9.17) is 4.74 Å². The Morgan fingerprint density at radius 2 is 1.67 bits per heavy atom. The standard InChI is InChI=1S/C29H26FN3O3/c1-36-27-14-10-22(11-15-27)20-33(29(35)23-5-4-6-24(30)18-23)26-12-8-21(9-13-26)17-28(34)32-19-25-7-2-3-16-31-25/h2-16,18H,17,19-20H2,1H3,(H,32,34). The fraction of sp³-hybridized carbons (Fsp3) is 0.138. The Morgan fingerprint density at radius 1 is 0.917 bits per heavy atom. The highest BCUT2D eigenvalue weighted by Gasteiger charge is 2.19. The van der Waals surface area contributed by atoms with Crippen molar-refractivity contribution in [1.82, 2.24) is 10.3 Å². The number of halogens is 1. The van der Waals surface area contributed by atoms with Crippen LogP contribution in [-0.4, -0.2) is 23.9 Å². The van der Waals surface area contributed by atoms with Gasteiger partial charge in [0.05, 0.1) is 32.3 Å². The Labute approximate surface area is 209 Å². The van der Waals surface area contributed by atoms with Crippen molar-refractivity contribution in [3.63, 3.8) is 0 Å². The second-order valence-corrected chi connectivity index (χ2v) is 8.19. The molecule has 1 heterocycles. The van der Waals surface area contributed by atoms with E-state index in [1.807, 2.05) is 54.6 Å². The van der Waals surface area contributed by atoms with E-state index in [2.05, 4.69) is 10.3 Å². The van der Waals surface area contributed by atoms with E-state index in [1.165, 1.54) is 18.2 Å². The molecule has 1 aromatic heterocycles. The molecule has 0 aliphatic carbocycles. The zero-order chi connectivity index (χ0) is 25.3. The minimum atomic E-state index is -0.475. The number of rotatable bonds is 9. The summed E-state index contributed by atoms with van der Waals surface area (Å²) in [6, 6.07) is 25.8. The third kappa shape index (κ3) is 6.54. The van der Waals surface area contributed by atoms with Gasteiger partial charge in [-0.2, -0.15) is 0 Å². The van der Waals surface area contributed by atoms with Gasteiger partial charge in [-0.3, -0.25) is 14.6 Å². The van der Waals surface area contributed by atoms with E-state index >= 15 is 0 Å². The summed E-state index contributed by atoms with van der Waals surface area (Å²) < 4.78 is 19.0. The maximum absolute atomic E-state index is 13.8. The Balaban J connectivity index is 1.50. The summed E-state index contributed by atoms with van der Waals surface area (Å²) in [4.78, 5) is 31.5. The maximum Gasteiger partial charge on any atom is 0.258 e. The molecule has 3 aromatic carbocycles. The second kappa shape index (κ2) is 11.8. The molecule has 182 valence electrons. The molecule has 2 amide bonds. The van der Waals surface area contributed by atoms with Crippen LogP contribution in [0.2, 0.25) is 0 Å². The first-order valence-corrected chi connectivity index (χ1v) is 11.5. The second-order valence-electron chi connectivity index (χ2n) is 8.19. The summed E-state index contributed by atoms with van der Waals surface area (Å²) in [5.41, 5.74) is 3.36. The van der Waals surface area contributed by atoms with Crippen molar-refractivity contribution in [2.24, 2.45) is 0 Å². The number of carbonyl (C=O) groups is 2. The molecule has 0 saturated carbocycles. The zero-order valence-electron chi connectivity index (χ0n) is 19.9. The van der Waals surface area contributed by atoms with Gasteiger partial charge in [-0.05, 0) is 65.7 Å². The van der Waals surface area contributed by atoms with Gasteiger partial charge in [0.1, 0.15) is 11.6 Å². The quantitative estimate of drug-likeness (QED) is 0.366. The molecule has 0 spiro atoms. The Morgan fingerprint density at radius 3 is 2.33 bits per heavy atom. The summed E-state index contributed by atoms with van der Waals surface area (Å²) in [5.74, 6) is -0.213. The lowest BCUT2D eigenvalue weighted by molar-refractivity contribution is -0.120. The van der Waals surface area contributed by atoms with Crippen LogP contribution in [0.4, 0.5) is 10.1 Å². The lowest BCUT2D eigenvalue weighted by Crippen LogP contribution is -2.30. The predicted molar refractivity (Wildman–Crippen MR) is 136 cm³/mol. The SMILES string of the molecule is COc1ccc(CN(C(=O)c2cccc(F)c2)c2ccc(CC(=O)NCc3ccccn3)cc2)cc1. The highest BCUT2D eigenvalue weighted by molar-refractivity contribution is 6.06. The van der Waals surface area contributed by atoms with Crippen molar-refractivity contribution in [2.45, 2.75) is 19.5 Å². The monoisotopic (exact) mass is 483 g/mol. The van der Waals surface area contributed by atoms with Gasteiger partial charge in [-0.15, -0.1) is 0 Å². The van der Waals surface area contributed by atoms with Crippen molar-refractivity contribution >= 4 is 17.5 Å². The van der Waals surface area contributed by atoms with Gasteiger partial charge in [-0.25, -0.2) is 4.39 Å². The largest absolute Gasteiger partial charge is 0.497 e. The molecule has 0 saturated heterocycles. The molecule has 1 N–H and O–H groups in total. The van der Waals surface area contributed by atoms with Crippen LogP contribution in [-0.2, 0) is 24.3 Å². The van der Waals surface area contributed by atoms with Crippen molar-refractivity contribution in [3.8, 4) is 5.75 Å². The van der Waals surface area contributed by atoms with Gasteiger partial charge in [0, 0.05) is 17.4 Å². The molecule has 0 bridgehead atoms. The lowest BCUT2D eigenvalue weighted by atomic mass is 10.1. The molecule has 7 heteroatoms. The lowest BCUT2D eigenvalue weighted by Gasteiger charge is -2.24. The number of anilines is 1. The number of nitrogens with zero attached hydrogens (tertiary/aromatic N) is 2. The van der Waals surface area contributed by atoms with Crippen LogP contribution in [0, 0.1) is 5.82 Å². The summed E-state index contributed by atoms with van der Waals surface area (Å²) >= 11 is 0. The Kier molecular flexibility index (Phi) is 8.03. The molecule has 0 unspecified atom stereocenters. The van der Waals surface area contributed by atoms with Crippen molar-refractivity contribution in [1.29, 1.82) is 0 Å².